The van der Waals surface area contributed by atoms with E-state index in [0.29, 0.717) is 19.0 Å². The SMILES string of the molecule is CCCNC(=O)NCc1ccc2nc(C)oc2c1. The van der Waals surface area contributed by atoms with Crippen molar-refractivity contribution in [2.75, 3.05) is 6.54 Å². The Morgan fingerprint density at radius 1 is 1.39 bits per heavy atom. The molecule has 0 radical (unpaired) electrons. The number of amides is 2. The van der Waals surface area contributed by atoms with Gasteiger partial charge >= 0.3 is 6.03 Å². The summed E-state index contributed by atoms with van der Waals surface area (Å²) in [6.07, 6.45) is 0.927. The zero-order chi connectivity index (χ0) is 13.0. The fourth-order valence-corrected chi connectivity index (χ4v) is 1.68. The van der Waals surface area contributed by atoms with Crippen LogP contribution in [0.4, 0.5) is 4.79 Å². The number of carbonyl (C=O) groups is 1. The van der Waals surface area contributed by atoms with Gasteiger partial charge in [-0.05, 0) is 24.1 Å². The summed E-state index contributed by atoms with van der Waals surface area (Å²) in [5.41, 5.74) is 2.58. The predicted molar refractivity (Wildman–Crippen MR) is 69.3 cm³/mol. The first-order valence-corrected chi connectivity index (χ1v) is 6.07. The second kappa shape index (κ2) is 5.53. The van der Waals surface area contributed by atoms with Crippen molar-refractivity contribution in [1.82, 2.24) is 15.6 Å². The van der Waals surface area contributed by atoms with E-state index < -0.39 is 0 Å². The highest BCUT2D eigenvalue weighted by Gasteiger charge is 2.04. The van der Waals surface area contributed by atoms with Crippen LogP contribution < -0.4 is 10.6 Å². The smallest absolute Gasteiger partial charge is 0.315 e. The molecule has 0 atom stereocenters. The quantitative estimate of drug-likeness (QED) is 0.871. The van der Waals surface area contributed by atoms with Gasteiger partial charge in [0.1, 0.15) is 5.52 Å². The van der Waals surface area contributed by atoms with Crippen molar-refractivity contribution in [2.24, 2.45) is 0 Å². The van der Waals surface area contributed by atoms with Crippen LogP contribution in [0.5, 0.6) is 0 Å². The van der Waals surface area contributed by atoms with Gasteiger partial charge in [-0.2, -0.15) is 0 Å². The Morgan fingerprint density at radius 2 is 2.22 bits per heavy atom. The van der Waals surface area contributed by atoms with Crippen LogP contribution in [-0.4, -0.2) is 17.6 Å². The number of benzene rings is 1. The lowest BCUT2D eigenvalue weighted by molar-refractivity contribution is 0.240. The van der Waals surface area contributed by atoms with Gasteiger partial charge in [-0.1, -0.05) is 13.0 Å². The molecule has 1 aromatic carbocycles. The molecule has 0 fully saturated rings. The number of aromatic nitrogens is 1. The molecule has 0 saturated heterocycles. The standard InChI is InChI=1S/C13H17N3O2/c1-3-6-14-13(17)15-8-10-4-5-11-12(7-10)18-9(2)16-11/h4-5,7H,3,6,8H2,1-2H3,(H2,14,15,17). The second-order valence-electron chi connectivity index (χ2n) is 4.14. The lowest BCUT2D eigenvalue weighted by Crippen LogP contribution is -2.35. The number of nitrogens with one attached hydrogen (secondary N) is 2. The van der Waals surface area contributed by atoms with E-state index in [2.05, 4.69) is 15.6 Å². The van der Waals surface area contributed by atoms with Gasteiger partial charge in [0.2, 0.25) is 0 Å². The van der Waals surface area contributed by atoms with Crippen molar-refractivity contribution >= 4 is 17.1 Å². The van der Waals surface area contributed by atoms with E-state index in [-0.39, 0.29) is 6.03 Å². The maximum absolute atomic E-state index is 11.4. The Bertz CT molecular complexity index is 548. The molecule has 2 N–H and O–H groups in total. The van der Waals surface area contributed by atoms with Gasteiger partial charge in [0.25, 0.3) is 0 Å². The number of urea groups is 1. The molecule has 1 heterocycles. The molecule has 0 aliphatic heterocycles. The Balaban J connectivity index is 1.97. The van der Waals surface area contributed by atoms with Crippen molar-refractivity contribution in [3.8, 4) is 0 Å². The van der Waals surface area contributed by atoms with E-state index in [4.69, 9.17) is 4.42 Å². The van der Waals surface area contributed by atoms with E-state index in [1.165, 1.54) is 0 Å². The highest BCUT2D eigenvalue weighted by molar-refractivity contribution is 5.75. The molecule has 2 aromatic rings. The van der Waals surface area contributed by atoms with Crippen molar-refractivity contribution in [3.05, 3.63) is 29.7 Å². The second-order valence-corrected chi connectivity index (χ2v) is 4.14. The maximum Gasteiger partial charge on any atom is 0.315 e. The Hall–Kier alpha value is -2.04. The highest BCUT2D eigenvalue weighted by atomic mass is 16.3. The van der Waals surface area contributed by atoms with Gasteiger partial charge in [-0.3, -0.25) is 0 Å². The first-order chi connectivity index (χ1) is 8.69. The number of carbonyl (C=O) groups excluding carboxylic acids is 1. The number of aryl methyl sites for hydroxylation is 1. The van der Waals surface area contributed by atoms with Gasteiger partial charge in [0, 0.05) is 20.0 Å². The minimum atomic E-state index is -0.148. The zero-order valence-electron chi connectivity index (χ0n) is 10.6. The summed E-state index contributed by atoms with van der Waals surface area (Å²) in [6, 6.07) is 5.58. The summed E-state index contributed by atoms with van der Waals surface area (Å²) in [7, 11) is 0. The van der Waals surface area contributed by atoms with E-state index >= 15 is 0 Å². The summed E-state index contributed by atoms with van der Waals surface area (Å²) >= 11 is 0. The molecule has 2 rings (SSSR count). The van der Waals surface area contributed by atoms with Crippen LogP contribution in [0.2, 0.25) is 0 Å². The van der Waals surface area contributed by atoms with E-state index in [1.54, 1.807) is 0 Å². The molecular weight excluding hydrogens is 230 g/mol. The third kappa shape index (κ3) is 3.00. The van der Waals surface area contributed by atoms with Gasteiger partial charge in [0.15, 0.2) is 11.5 Å². The average Bonchev–Trinajstić information content (AvgIpc) is 2.73. The maximum atomic E-state index is 11.4. The summed E-state index contributed by atoms with van der Waals surface area (Å²) < 4.78 is 5.44. The molecule has 0 bridgehead atoms. The number of hydrogen-bond acceptors (Lipinski definition) is 3. The zero-order valence-corrected chi connectivity index (χ0v) is 10.6. The van der Waals surface area contributed by atoms with Crippen molar-refractivity contribution in [1.29, 1.82) is 0 Å². The van der Waals surface area contributed by atoms with Crippen molar-refractivity contribution in [3.63, 3.8) is 0 Å². The Labute approximate surface area is 106 Å². The summed E-state index contributed by atoms with van der Waals surface area (Å²) in [5.74, 6) is 0.649. The number of oxazole rings is 1. The van der Waals surface area contributed by atoms with Crippen LogP contribution in [-0.2, 0) is 6.54 Å². The Kier molecular flexibility index (Phi) is 3.82. The van der Waals surface area contributed by atoms with Gasteiger partial charge in [-0.15, -0.1) is 0 Å². The molecule has 5 heteroatoms. The van der Waals surface area contributed by atoms with Crippen LogP contribution in [0.25, 0.3) is 11.1 Å². The Morgan fingerprint density at radius 3 is 3.00 bits per heavy atom. The molecule has 18 heavy (non-hydrogen) atoms. The lowest BCUT2D eigenvalue weighted by atomic mass is 10.2. The topological polar surface area (TPSA) is 67.2 Å². The fourth-order valence-electron chi connectivity index (χ4n) is 1.68. The van der Waals surface area contributed by atoms with Crippen molar-refractivity contribution in [2.45, 2.75) is 26.8 Å². The minimum absolute atomic E-state index is 0.148. The van der Waals surface area contributed by atoms with Crippen LogP contribution >= 0.6 is 0 Å². The lowest BCUT2D eigenvalue weighted by Gasteiger charge is -2.06. The van der Waals surface area contributed by atoms with Gasteiger partial charge < -0.3 is 15.1 Å². The molecular formula is C13H17N3O2. The first-order valence-electron chi connectivity index (χ1n) is 6.07. The van der Waals surface area contributed by atoms with Crippen molar-refractivity contribution < 1.29 is 9.21 Å². The summed E-state index contributed by atoms with van der Waals surface area (Å²) in [4.78, 5) is 15.6. The molecule has 0 aliphatic carbocycles. The fraction of sp³-hybridized carbons (Fsp3) is 0.385. The highest BCUT2D eigenvalue weighted by Crippen LogP contribution is 2.16. The van der Waals surface area contributed by atoms with Crippen LogP contribution in [0, 0.1) is 6.92 Å². The predicted octanol–water partition coefficient (Wildman–Crippen LogP) is 2.35. The summed E-state index contributed by atoms with van der Waals surface area (Å²) in [6.45, 7) is 4.99. The molecule has 0 aliphatic rings. The van der Waals surface area contributed by atoms with Gasteiger partial charge in [0.05, 0.1) is 0 Å². The number of nitrogens with zero attached hydrogens (tertiary/aromatic N) is 1. The molecule has 96 valence electrons. The first kappa shape index (κ1) is 12.4. The monoisotopic (exact) mass is 247 g/mol. The number of fused-ring (bicyclic) bond motifs is 1. The molecule has 2 amide bonds. The molecule has 1 aromatic heterocycles. The number of rotatable bonds is 4. The van der Waals surface area contributed by atoms with E-state index in [0.717, 1.165) is 23.1 Å². The third-order valence-electron chi connectivity index (χ3n) is 2.55. The van der Waals surface area contributed by atoms with Gasteiger partial charge in [-0.25, -0.2) is 9.78 Å². The van der Waals surface area contributed by atoms with Crippen LogP contribution in [0.15, 0.2) is 22.6 Å². The minimum Gasteiger partial charge on any atom is -0.441 e. The summed E-state index contributed by atoms with van der Waals surface area (Å²) in [5, 5.41) is 5.55. The third-order valence-corrected chi connectivity index (χ3v) is 2.55. The number of hydrogen-bond donors (Lipinski definition) is 2. The average molecular weight is 247 g/mol. The molecule has 0 spiro atoms. The molecule has 0 unspecified atom stereocenters. The normalized spacial score (nSPS) is 10.6. The van der Waals surface area contributed by atoms with E-state index in [9.17, 15) is 4.79 Å². The van der Waals surface area contributed by atoms with Crippen LogP contribution in [0.1, 0.15) is 24.8 Å². The molecule has 0 saturated carbocycles. The van der Waals surface area contributed by atoms with E-state index in [1.807, 2.05) is 32.0 Å². The largest absolute Gasteiger partial charge is 0.441 e. The molecule has 5 nitrogen and oxygen atoms in total. The van der Waals surface area contributed by atoms with Crippen LogP contribution in [0.3, 0.4) is 0 Å².